The fourth-order valence-electron chi connectivity index (χ4n) is 1.59. The van der Waals surface area contributed by atoms with Gasteiger partial charge in [0, 0.05) is 6.04 Å². The van der Waals surface area contributed by atoms with Gasteiger partial charge in [0.25, 0.3) is 0 Å². The number of amides is 1. The minimum atomic E-state index is -0.498. The summed E-state index contributed by atoms with van der Waals surface area (Å²) in [5.74, 6) is 0.0341. The van der Waals surface area contributed by atoms with E-state index in [1.54, 1.807) is 17.0 Å². The zero-order valence-corrected chi connectivity index (χ0v) is 12.6. The van der Waals surface area contributed by atoms with Gasteiger partial charge in [0.2, 0.25) is 5.91 Å². The maximum atomic E-state index is 12.3. The Kier molecular flexibility index (Phi) is 5.69. The average Bonchev–Trinajstić information content (AvgIpc) is 2.35. The number of carbonyl (C=O) groups excluding carboxylic acids is 1. The molecule has 1 amide bonds. The van der Waals surface area contributed by atoms with Crippen LogP contribution in [0.5, 0.6) is 0 Å². The van der Waals surface area contributed by atoms with Crippen molar-refractivity contribution in [3.05, 3.63) is 23.0 Å². The average molecular weight is 285 g/mol. The van der Waals surface area contributed by atoms with Crippen LogP contribution in [0.2, 0.25) is 5.15 Å². The van der Waals surface area contributed by atoms with Gasteiger partial charge in [0.1, 0.15) is 0 Å². The molecule has 6 heteroatoms. The highest BCUT2D eigenvalue weighted by Crippen LogP contribution is 2.12. The maximum Gasteiger partial charge on any atom is 0.240 e. The number of hydrogen-bond donors (Lipinski definition) is 1. The Morgan fingerprint density at radius 1 is 1.32 bits per heavy atom. The summed E-state index contributed by atoms with van der Waals surface area (Å²) in [6.07, 6.45) is 0. The lowest BCUT2D eigenvalue weighted by Gasteiger charge is -2.30. The number of hydrogen-bond acceptors (Lipinski definition) is 4. The molecule has 0 bridgehead atoms. The first-order valence-electron chi connectivity index (χ1n) is 6.37. The zero-order valence-electron chi connectivity index (χ0n) is 11.8. The Morgan fingerprint density at radius 3 is 2.37 bits per heavy atom. The third-order valence-electron chi connectivity index (χ3n) is 2.93. The molecule has 0 radical (unpaired) electrons. The molecule has 1 unspecified atom stereocenters. The molecule has 1 aromatic heterocycles. The summed E-state index contributed by atoms with van der Waals surface area (Å²) >= 11 is 5.69. The van der Waals surface area contributed by atoms with Gasteiger partial charge in [-0.1, -0.05) is 25.4 Å². The van der Waals surface area contributed by atoms with E-state index in [2.05, 4.69) is 10.2 Å². The molecule has 0 aliphatic rings. The van der Waals surface area contributed by atoms with E-state index in [1.165, 1.54) is 0 Å². The highest BCUT2D eigenvalue weighted by molar-refractivity contribution is 6.29. The van der Waals surface area contributed by atoms with Crippen LogP contribution in [0.25, 0.3) is 0 Å². The lowest BCUT2D eigenvalue weighted by Crippen LogP contribution is -2.48. The smallest absolute Gasteiger partial charge is 0.240 e. The molecule has 0 aliphatic heterocycles. The first kappa shape index (κ1) is 15.9. The highest BCUT2D eigenvalue weighted by atomic mass is 35.5. The van der Waals surface area contributed by atoms with E-state index in [1.807, 2.05) is 27.7 Å². The van der Waals surface area contributed by atoms with Crippen molar-refractivity contribution in [3.8, 4) is 0 Å². The number of rotatable bonds is 5. The molecule has 2 N–H and O–H groups in total. The standard InChI is InChI=1S/C13H21ClN4O/c1-8(2)12(15)13(19)18(9(3)4)7-10-5-6-11(14)17-16-10/h5-6,8-9,12H,7,15H2,1-4H3. The third-order valence-corrected chi connectivity index (χ3v) is 3.13. The number of nitrogens with two attached hydrogens (primary N) is 1. The van der Waals surface area contributed by atoms with E-state index >= 15 is 0 Å². The maximum absolute atomic E-state index is 12.3. The van der Waals surface area contributed by atoms with E-state index in [9.17, 15) is 4.79 Å². The van der Waals surface area contributed by atoms with Gasteiger partial charge < -0.3 is 10.6 Å². The number of aromatic nitrogens is 2. The van der Waals surface area contributed by atoms with Crippen LogP contribution in [0.4, 0.5) is 0 Å². The van der Waals surface area contributed by atoms with Crippen molar-refractivity contribution in [1.82, 2.24) is 15.1 Å². The number of halogens is 1. The second-order valence-corrected chi connectivity index (χ2v) is 5.56. The van der Waals surface area contributed by atoms with Crippen LogP contribution in [0.1, 0.15) is 33.4 Å². The van der Waals surface area contributed by atoms with Gasteiger partial charge in [-0.2, -0.15) is 5.10 Å². The van der Waals surface area contributed by atoms with Gasteiger partial charge in [-0.05, 0) is 31.9 Å². The van der Waals surface area contributed by atoms with Crippen molar-refractivity contribution < 1.29 is 4.79 Å². The fourth-order valence-corrected chi connectivity index (χ4v) is 1.69. The van der Waals surface area contributed by atoms with Gasteiger partial charge in [-0.15, -0.1) is 5.10 Å². The van der Waals surface area contributed by atoms with Crippen molar-refractivity contribution in [1.29, 1.82) is 0 Å². The van der Waals surface area contributed by atoms with Gasteiger partial charge in [-0.25, -0.2) is 0 Å². The second kappa shape index (κ2) is 6.82. The van der Waals surface area contributed by atoms with Crippen LogP contribution >= 0.6 is 11.6 Å². The Hall–Kier alpha value is -1.20. The molecule has 0 aromatic carbocycles. The zero-order chi connectivity index (χ0) is 14.6. The minimum Gasteiger partial charge on any atom is -0.333 e. The Balaban J connectivity index is 2.84. The largest absolute Gasteiger partial charge is 0.333 e. The topological polar surface area (TPSA) is 72.1 Å². The van der Waals surface area contributed by atoms with Crippen molar-refractivity contribution in [3.63, 3.8) is 0 Å². The van der Waals surface area contributed by atoms with Gasteiger partial charge in [-0.3, -0.25) is 4.79 Å². The minimum absolute atomic E-state index is 0.0507. The van der Waals surface area contributed by atoms with E-state index in [0.29, 0.717) is 17.4 Å². The summed E-state index contributed by atoms with van der Waals surface area (Å²) < 4.78 is 0. The van der Waals surface area contributed by atoms with Crippen molar-refractivity contribution in [2.75, 3.05) is 0 Å². The van der Waals surface area contributed by atoms with E-state index in [-0.39, 0.29) is 17.9 Å². The Morgan fingerprint density at radius 2 is 1.95 bits per heavy atom. The fraction of sp³-hybridized carbons (Fsp3) is 0.615. The quantitative estimate of drug-likeness (QED) is 0.896. The summed E-state index contributed by atoms with van der Waals surface area (Å²) in [5.41, 5.74) is 6.62. The predicted molar refractivity (Wildman–Crippen MR) is 75.5 cm³/mol. The molecule has 0 spiro atoms. The molecule has 0 saturated carbocycles. The highest BCUT2D eigenvalue weighted by Gasteiger charge is 2.25. The summed E-state index contributed by atoms with van der Waals surface area (Å²) in [6.45, 7) is 8.16. The molecule has 19 heavy (non-hydrogen) atoms. The van der Waals surface area contributed by atoms with Crippen LogP contribution in [0.3, 0.4) is 0 Å². The van der Waals surface area contributed by atoms with Crippen LogP contribution in [-0.4, -0.2) is 33.1 Å². The summed E-state index contributed by atoms with van der Waals surface area (Å²) in [7, 11) is 0. The predicted octanol–water partition coefficient (Wildman–Crippen LogP) is 1.85. The summed E-state index contributed by atoms with van der Waals surface area (Å²) in [5, 5.41) is 8.09. The molecule has 1 heterocycles. The molecule has 0 saturated heterocycles. The summed E-state index contributed by atoms with van der Waals surface area (Å²) in [6, 6.07) is 2.98. The molecular formula is C13H21ClN4O. The van der Waals surface area contributed by atoms with Crippen LogP contribution in [-0.2, 0) is 11.3 Å². The number of carbonyl (C=O) groups is 1. The van der Waals surface area contributed by atoms with Gasteiger partial charge in [0.15, 0.2) is 5.15 Å². The van der Waals surface area contributed by atoms with E-state index < -0.39 is 6.04 Å². The normalized spacial score (nSPS) is 12.8. The van der Waals surface area contributed by atoms with E-state index in [0.717, 1.165) is 0 Å². The molecule has 0 fully saturated rings. The number of nitrogens with zero attached hydrogens (tertiary/aromatic N) is 3. The first-order chi connectivity index (χ1) is 8.82. The van der Waals surface area contributed by atoms with Gasteiger partial charge >= 0.3 is 0 Å². The Bertz CT molecular complexity index is 419. The van der Waals surface area contributed by atoms with Crippen molar-refractivity contribution in [2.45, 2.75) is 46.3 Å². The van der Waals surface area contributed by atoms with Crippen molar-refractivity contribution >= 4 is 17.5 Å². The van der Waals surface area contributed by atoms with Crippen LogP contribution < -0.4 is 5.73 Å². The second-order valence-electron chi connectivity index (χ2n) is 5.18. The SMILES string of the molecule is CC(C)C(N)C(=O)N(Cc1ccc(Cl)nn1)C(C)C. The van der Waals surface area contributed by atoms with Crippen molar-refractivity contribution in [2.24, 2.45) is 11.7 Å². The first-order valence-corrected chi connectivity index (χ1v) is 6.75. The van der Waals surface area contributed by atoms with Crippen LogP contribution in [0.15, 0.2) is 12.1 Å². The Labute approximate surface area is 119 Å². The van der Waals surface area contributed by atoms with E-state index in [4.69, 9.17) is 17.3 Å². The molecule has 5 nitrogen and oxygen atoms in total. The molecule has 106 valence electrons. The summed E-state index contributed by atoms with van der Waals surface area (Å²) in [4.78, 5) is 14.0. The van der Waals surface area contributed by atoms with Gasteiger partial charge in [0.05, 0.1) is 18.3 Å². The molecule has 1 rings (SSSR count). The molecular weight excluding hydrogens is 264 g/mol. The lowest BCUT2D eigenvalue weighted by atomic mass is 10.0. The lowest BCUT2D eigenvalue weighted by molar-refractivity contribution is -0.136. The third kappa shape index (κ3) is 4.44. The molecule has 0 aliphatic carbocycles. The van der Waals surface area contributed by atoms with Crippen LogP contribution in [0, 0.1) is 5.92 Å². The monoisotopic (exact) mass is 284 g/mol. The molecule has 1 atom stereocenters. The molecule has 1 aromatic rings.